The van der Waals surface area contributed by atoms with E-state index in [1.54, 1.807) is 0 Å². The predicted molar refractivity (Wildman–Crippen MR) is 57.2 cm³/mol. The lowest BCUT2D eigenvalue weighted by Gasteiger charge is -2.33. The fourth-order valence-corrected chi connectivity index (χ4v) is 2.19. The molecular formula is C10H18N4. The van der Waals surface area contributed by atoms with E-state index in [1.165, 1.54) is 18.5 Å². The first kappa shape index (κ1) is 9.52. The number of nitrogens with zero attached hydrogens (tertiary/aromatic N) is 2. The lowest BCUT2D eigenvalue weighted by atomic mass is 9.95. The molecule has 1 fully saturated rings. The Bertz CT molecular complexity index is 255. The molecule has 3 N–H and O–H groups in total. The summed E-state index contributed by atoms with van der Waals surface area (Å²) in [7, 11) is 0. The van der Waals surface area contributed by atoms with E-state index in [9.17, 15) is 0 Å². The van der Waals surface area contributed by atoms with E-state index >= 15 is 0 Å². The molecule has 2 heterocycles. The summed E-state index contributed by atoms with van der Waals surface area (Å²) in [4.78, 5) is 2.40. The van der Waals surface area contributed by atoms with Crippen LogP contribution in [0, 0.1) is 5.92 Å². The maximum absolute atomic E-state index is 5.59. The van der Waals surface area contributed by atoms with Gasteiger partial charge in [-0.1, -0.05) is 0 Å². The summed E-state index contributed by atoms with van der Waals surface area (Å²) in [5.74, 6) is 0.767. The average molecular weight is 194 g/mol. The van der Waals surface area contributed by atoms with Crippen molar-refractivity contribution in [3.05, 3.63) is 12.4 Å². The summed E-state index contributed by atoms with van der Waals surface area (Å²) in [5.41, 5.74) is 6.80. The number of hydrogen-bond donors (Lipinski definition) is 2. The highest BCUT2D eigenvalue weighted by atomic mass is 15.2. The minimum Gasteiger partial charge on any atom is -0.369 e. The van der Waals surface area contributed by atoms with Crippen molar-refractivity contribution in [2.45, 2.75) is 19.3 Å². The van der Waals surface area contributed by atoms with Crippen LogP contribution in [0.2, 0.25) is 0 Å². The van der Waals surface area contributed by atoms with Crippen LogP contribution in [0.15, 0.2) is 12.4 Å². The first-order chi connectivity index (χ1) is 6.90. The van der Waals surface area contributed by atoms with Crippen molar-refractivity contribution in [1.29, 1.82) is 0 Å². The molecule has 1 aliphatic rings. The Balaban J connectivity index is 1.94. The molecule has 2 rings (SSSR count). The Labute approximate surface area is 84.5 Å². The van der Waals surface area contributed by atoms with Crippen molar-refractivity contribution in [2.24, 2.45) is 11.7 Å². The molecule has 1 atom stereocenters. The molecule has 1 aromatic rings. The van der Waals surface area contributed by atoms with Gasteiger partial charge in [-0.2, -0.15) is 5.10 Å². The molecule has 1 aliphatic heterocycles. The minimum absolute atomic E-state index is 0.767. The summed E-state index contributed by atoms with van der Waals surface area (Å²) in [6.45, 7) is 3.10. The van der Waals surface area contributed by atoms with Crippen molar-refractivity contribution in [2.75, 3.05) is 24.5 Å². The topological polar surface area (TPSA) is 57.9 Å². The summed E-state index contributed by atoms with van der Waals surface area (Å²) >= 11 is 0. The number of nitrogens with two attached hydrogens (primary N) is 1. The molecule has 0 radical (unpaired) electrons. The molecule has 0 amide bonds. The highest BCUT2D eigenvalue weighted by molar-refractivity contribution is 5.42. The van der Waals surface area contributed by atoms with Gasteiger partial charge in [-0.3, -0.25) is 5.10 Å². The normalized spacial score (nSPS) is 22.6. The molecule has 78 valence electrons. The third-order valence-electron chi connectivity index (χ3n) is 2.94. The molecule has 1 aromatic heterocycles. The highest BCUT2D eigenvalue weighted by Crippen LogP contribution is 2.23. The number of H-pyrrole nitrogens is 1. The highest BCUT2D eigenvalue weighted by Gasteiger charge is 2.19. The monoisotopic (exact) mass is 194 g/mol. The molecule has 0 aliphatic carbocycles. The zero-order valence-electron chi connectivity index (χ0n) is 8.45. The third-order valence-corrected chi connectivity index (χ3v) is 2.94. The fraction of sp³-hybridized carbons (Fsp3) is 0.700. The van der Waals surface area contributed by atoms with Gasteiger partial charge in [-0.15, -0.1) is 0 Å². The number of anilines is 1. The predicted octanol–water partition coefficient (Wildman–Crippen LogP) is 0.975. The van der Waals surface area contributed by atoms with Crippen molar-refractivity contribution in [1.82, 2.24) is 10.2 Å². The number of aromatic amines is 1. The third kappa shape index (κ3) is 2.07. The first-order valence-corrected chi connectivity index (χ1v) is 5.34. The van der Waals surface area contributed by atoms with Crippen LogP contribution in [-0.4, -0.2) is 29.8 Å². The number of rotatable bonds is 3. The smallest absolute Gasteiger partial charge is 0.0749 e. The second kappa shape index (κ2) is 4.46. The molecule has 1 unspecified atom stereocenters. The summed E-state index contributed by atoms with van der Waals surface area (Å²) < 4.78 is 0. The molecule has 14 heavy (non-hydrogen) atoms. The number of piperidine rings is 1. The van der Waals surface area contributed by atoms with Crippen molar-refractivity contribution in [3.63, 3.8) is 0 Å². The van der Waals surface area contributed by atoms with Gasteiger partial charge in [0.2, 0.25) is 0 Å². The summed E-state index contributed by atoms with van der Waals surface area (Å²) in [6.07, 6.45) is 7.60. The SMILES string of the molecule is NCCC1CCCN(c2cn[nH]c2)C1. The van der Waals surface area contributed by atoms with Crippen LogP contribution in [-0.2, 0) is 0 Å². The average Bonchev–Trinajstić information content (AvgIpc) is 2.71. The lowest BCUT2D eigenvalue weighted by molar-refractivity contribution is 0.396. The van der Waals surface area contributed by atoms with E-state index in [2.05, 4.69) is 15.1 Å². The van der Waals surface area contributed by atoms with E-state index in [0.29, 0.717) is 0 Å². The Kier molecular flexibility index (Phi) is 3.03. The van der Waals surface area contributed by atoms with Gasteiger partial charge >= 0.3 is 0 Å². The van der Waals surface area contributed by atoms with Crippen molar-refractivity contribution in [3.8, 4) is 0 Å². The van der Waals surface area contributed by atoms with Gasteiger partial charge in [0.05, 0.1) is 11.9 Å². The van der Waals surface area contributed by atoms with Gasteiger partial charge in [0, 0.05) is 19.3 Å². The van der Waals surface area contributed by atoms with Crippen LogP contribution in [0.5, 0.6) is 0 Å². The van der Waals surface area contributed by atoms with E-state index in [1.807, 2.05) is 12.4 Å². The van der Waals surface area contributed by atoms with Gasteiger partial charge in [0.1, 0.15) is 0 Å². The van der Waals surface area contributed by atoms with Crippen molar-refractivity contribution < 1.29 is 0 Å². The second-order valence-electron chi connectivity index (χ2n) is 3.99. The minimum atomic E-state index is 0.767. The molecule has 0 bridgehead atoms. The van der Waals surface area contributed by atoms with Gasteiger partial charge in [-0.05, 0) is 31.7 Å². The van der Waals surface area contributed by atoms with Crippen LogP contribution in [0.3, 0.4) is 0 Å². The Morgan fingerprint density at radius 2 is 2.57 bits per heavy atom. The number of nitrogens with one attached hydrogen (secondary N) is 1. The molecule has 0 saturated carbocycles. The van der Waals surface area contributed by atoms with Crippen LogP contribution in [0.25, 0.3) is 0 Å². The molecule has 1 saturated heterocycles. The Morgan fingerprint density at radius 1 is 1.64 bits per heavy atom. The molecule has 0 spiro atoms. The number of hydrogen-bond acceptors (Lipinski definition) is 3. The zero-order valence-corrected chi connectivity index (χ0v) is 8.45. The van der Waals surface area contributed by atoms with E-state index < -0.39 is 0 Å². The number of aromatic nitrogens is 2. The van der Waals surface area contributed by atoms with Crippen LogP contribution < -0.4 is 10.6 Å². The summed E-state index contributed by atoms with van der Waals surface area (Å²) in [6, 6.07) is 0. The molecule has 0 aromatic carbocycles. The molecule has 4 heteroatoms. The standard InChI is InChI=1S/C10H18N4/c11-4-3-9-2-1-5-14(8-9)10-6-12-13-7-10/h6-7,9H,1-5,8,11H2,(H,12,13). The second-order valence-corrected chi connectivity index (χ2v) is 3.99. The van der Waals surface area contributed by atoms with Crippen LogP contribution in [0.1, 0.15) is 19.3 Å². The Hall–Kier alpha value is -1.03. The first-order valence-electron chi connectivity index (χ1n) is 5.34. The lowest BCUT2D eigenvalue weighted by Crippen LogP contribution is -2.35. The van der Waals surface area contributed by atoms with Crippen molar-refractivity contribution >= 4 is 5.69 Å². The Morgan fingerprint density at radius 3 is 3.29 bits per heavy atom. The molecule has 4 nitrogen and oxygen atoms in total. The van der Waals surface area contributed by atoms with Crippen LogP contribution >= 0.6 is 0 Å². The van der Waals surface area contributed by atoms with E-state index in [-0.39, 0.29) is 0 Å². The van der Waals surface area contributed by atoms with Gasteiger partial charge in [-0.25, -0.2) is 0 Å². The molecular weight excluding hydrogens is 176 g/mol. The zero-order chi connectivity index (χ0) is 9.80. The van der Waals surface area contributed by atoms with Gasteiger partial charge < -0.3 is 10.6 Å². The quantitative estimate of drug-likeness (QED) is 0.754. The van der Waals surface area contributed by atoms with E-state index in [0.717, 1.165) is 32.0 Å². The largest absolute Gasteiger partial charge is 0.369 e. The summed E-state index contributed by atoms with van der Waals surface area (Å²) in [5, 5.41) is 6.83. The fourth-order valence-electron chi connectivity index (χ4n) is 2.19. The van der Waals surface area contributed by atoms with E-state index in [4.69, 9.17) is 5.73 Å². The van der Waals surface area contributed by atoms with Gasteiger partial charge in [0.15, 0.2) is 0 Å². The maximum atomic E-state index is 5.59. The van der Waals surface area contributed by atoms with Gasteiger partial charge in [0.25, 0.3) is 0 Å². The maximum Gasteiger partial charge on any atom is 0.0749 e. The van der Waals surface area contributed by atoms with Crippen LogP contribution in [0.4, 0.5) is 5.69 Å².